The summed E-state index contributed by atoms with van der Waals surface area (Å²) in [7, 11) is 3.06. The van der Waals surface area contributed by atoms with Crippen LogP contribution in [-0.2, 0) is 9.59 Å². The second-order valence-corrected chi connectivity index (χ2v) is 12.0. The molecule has 248 valence electrons. The Morgan fingerprint density at radius 2 is 1.49 bits per heavy atom. The molecule has 0 saturated heterocycles. The van der Waals surface area contributed by atoms with Crippen LogP contribution in [0.2, 0.25) is 5.02 Å². The molecule has 0 fully saturated rings. The lowest BCUT2D eigenvalue weighted by molar-refractivity contribution is -0.116. The number of amides is 3. The molecule has 0 radical (unpaired) electrons. The van der Waals surface area contributed by atoms with E-state index in [2.05, 4.69) is 16.0 Å². The molecule has 3 amide bonds. The number of hydrogen-bond donors (Lipinski definition) is 3. The molecule has 0 spiro atoms. The zero-order chi connectivity index (χ0) is 34.8. The van der Waals surface area contributed by atoms with Crippen LogP contribution in [0.4, 0.5) is 15.8 Å². The van der Waals surface area contributed by atoms with Crippen molar-refractivity contribution in [2.24, 2.45) is 0 Å². The minimum absolute atomic E-state index is 0.0498. The van der Waals surface area contributed by atoms with E-state index in [9.17, 15) is 18.8 Å². The summed E-state index contributed by atoms with van der Waals surface area (Å²) >= 11 is 7.54. The fourth-order valence-corrected chi connectivity index (χ4v) is 5.94. The van der Waals surface area contributed by atoms with Gasteiger partial charge in [-0.1, -0.05) is 66.2 Å². The summed E-state index contributed by atoms with van der Waals surface area (Å²) in [6.07, 6.45) is 1.19. The highest BCUT2D eigenvalue weighted by Crippen LogP contribution is 2.38. The predicted molar refractivity (Wildman–Crippen MR) is 192 cm³/mol. The van der Waals surface area contributed by atoms with Crippen molar-refractivity contribution < 1.29 is 28.2 Å². The van der Waals surface area contributed by atoms with Crippen molar-refractivity contribution in [2.75, 3.05) is 24.9 Å². The highest BCUT2D eigenvalue weighted by molar-refractivity contribution is 8.00. The number of halogens is 2. The third kappa shape index (κ3) is 9.07. The summed E-state index contributed by atoms with van der Waals surface area (Å²) in [6, 6.07) is 33.8. The van der Waals surface area contributed by atoms with Crippen LogP contribution in [0.25, 0.3) is 6.08 Å². The van der Waals surface area contributed by atoms with E-state index in [1.165, 1.54) is 43.1 Å². The first-order chi connectivity index (χ1) is 23.7. The molecule has 8 nitrogen and oxygen atoms in total. The van der Waals surface area contributed by atoms with Crippen molar-refractivity contribution in [2.45, 2.75) is 10.1 Å². The van der Waals surface area contributed by atoms with E-state index >= 15 is 0 Å². The Morgan fingerprint density at radius 3 is 2.14 bits per heavy atom. The Kier molecular flexibility index (Phi) is 11.7. The van der Waals surface area contributed by atoms with Gasteiger partial charge in [0.1, 0.15) is 28.3 Å². The van der Waals surface area contributed by atoms with Crippen LogP contribution < -0.4 is 25.4 Å². The molecule has 5 aromatic carbocycles. The Bertz CT molecular complexity index is 1960. The Morgan fingerprint density at radius 1 is 0.796 bits per heavy atom. The van der Waals surface area contributed by atoms with Gasteiger partial charge in [-0.25, -0.2) is 4.39 Å². The molecule has 0 aliphatic heterocycles. The third-order valence-corrected chi connectivity index (χ3v) is 8.78. The van der Waals surface area contributed by atoms with E-state index in [1.54, 1.807) is 79.9 Å². The number of carbonyl (C=O) groups excluding carboxylic acids is 3. The van der Waals surface area contributed by atoms with Crippen LogP contribution in [0.1, 0.15) is 26.7 Å². The molecular formula is C38H31ClFN3O5S. The quantitative estimate of drug-likeness (QED) is 0.0895. The largest absolute Gasteiger partial charge is 0.497 e. The van der Waals surface area contributed by atoms with Crippen molar-refractivity contribution in [3.05, 3.63) is 155 Å². The molecule has 0 aromatic heterocycles. The average molecular weight is 696 g/mol. The van der Waals surface area contributed by atoms with E-state index in [-0.39, 0.29) is 22.2 Å². The number of rotatable bonds is 12. The number of benzene rings is 5. The molecule has 1 unspecified atom stereocenters. The topological polar surface area (TPSA) is 106 Å². The van der Waals surface area contributed by atoms with E-state index in [0.717, 1.165) is 10.5 Å². The first-order valence-corrected chi connectivity index (χ1v) is 16.2. The molecule has 49 heavy (non-hydrogen) atoms. The van der Waals surface area contributed by atoms with Gasteiger partial charge in [0.15, 0.2) is 0 Å². The van der Waals surface area contributed by atoms with Crippen molar-refractivity contribution in [1.82, 2.24) is 5.32 Å². The number of nitrogens with one attached hydrogen (secondary N) is 3. The summed E-state index contributed by atoms with van der Waals surface area (Å²) in [5.41, 5.74) is 1.69. The smallest absolute Gasteiger partial charge is 0.272 e. The van der Waals surface area contributed by atoms with Gasteiger partial charge in [-0.2, -0.15) is 0 Å². The monoisotopic (exact) mass is 695 g/mol. The van der Waals surface area contributed by atoms with Gasteiger partial charge in [-0.15, -0.1) is 11.8 Å². The van der Waals surface area contributed by atoms with E-state index in [1.807, 2.05) is 30.3 Å². The van der Waals surface area contributed by atoms with Crippen molar-refractivity contribution in [3.63, 3.8) is 0 Å². The van der Waals surface area contributed by atoms with Crippen LogP contribution in [0, 0.1) is 5.82 Å². The Balaban J connectivity index is 1.36. The number of ether oxygens (including phenoxy) is 2. The van der Waals surface area contributed by atoms with Gasteiger partial charge in [0.05, 0.1) is 24.9 Å². The van der Waals surface area contributed by atoms with Crippen LogP contribution in [0.5, 0.6) is 11.5 Å². The van der Waals surface area contributed by atoms with Crippen LogP contribution in [-0.4, -0.2) is 31.9 Å². The maximum absolute atomic E-state index is 14.7. The summed E-state index contributed by atoms with van der Waals surface area (Å²) < 4.78 is 25.4. The molecule has 0 bridgehead atoms. The molecule has 3 N–H and O–H groups in total. The van der Waals surface area contributed by atoms with Gasteiger partial charge in [0, 0.05) is 27.8 Å². The number of carbonyl (C=O) groups is 3. The van der Waals surface area contributed by atoms with Gasteiger partial charge in [0.25, 0.3) is 11.8 Å². The minimum atomic E-state index is -0.696. The molecule has 1 atom stereocenters. The standard InChI is InChI=1S/C38H31ClFN3O5S/c1-47-27-18-21-34(48-2)32(22-27)42-38(46)35(24-10-5-3-6-11-24)49-28-19-16-26(17-20-28)41-37(45)33(23-29-30(39)14-9-15-31(29)40)43-36(44)25-12-7-4-8-13-25/h3-23,35H,1-2H3,(H,41,45)(H,42,46)(H,43,44)/b33-23-. The fraction of sp³-hybridized carbons (Fsp3) is 0.0789. The molecule has 0 aliphatic rings. The SMILES string of the molecule is COc1ccc(OC)c(NC(=O)C(Sc2ccc(NC(=O)/C(=C/c3c(F)cccc3Cl)NC(=O)c3ccccc3)cc2)c2ccccc2)c1. The summed E-state index contributed by atoms with van der Waals surface area (Å²) in [5, 5.41) is 7.71. The van der Waals surface area contributed by atoms with Crippen molar-refractivity contribution in [1.29, 1.82) is 0 Å². The van der Waals surface area contributed by atoms with Gasteiger partial charge in [-0.3, -0.25) is 14.4 Å². The van der Waals surface area contributed by atoms with Crippen LogP contribution >= 0.6 is 23.4 Å². The van der Waals surface area contributed by atoms with Crippen LogP contribution in [0.3, 0.4) is 0 Å². The average Bonchev–Trinajstić information content (AvgIpc) is 3.12. The van der Waals surface area contributed by atoms with Crippen molar-refractivity contribution >= 4 is 58.5 Å². The summed E-state index contributed by atoms with van der Waals surface area (Å²) in [5.74, 6) is -1.15. The Labute approximate surface area is 292 Å². The van der Waals surface area contributed by atoms with Gasteiger partial charge >= 0.3 is 0 Å². The first-order valence-electron chi connectivity index (χ1n) is 14.9. The first kappa shape index (κ1) is 34.7. The number of hydrogen-bond acceptors (Lipinski definition) is 6. The van der Waals surface area contributed by atoms with E-state index in [0.29, 0.717) is 28.4 Å². The maximum atomic E-state index is 14.7. The number of anilines is 2. The maximum Gasteiger partial charge on any atom is 0.272 e. The zero-order valence-electron chi connectivity index (χ0n) is 26.4. The molecule has 11 heteroatoms. The fourth-order valence-electron chi connectivity index (χ4n) is 4.70. The molecule has 5 aromatic rings. The lowest BCUT2D eigenvalue weighted by atomic mass is 10.1. The predicted octanol–water partition coefficient (Wildman–Crippen LogP) is 8.38. The second kappa shape index (κ2) is 16.5. The van der Waals surface area contributed by atoms with Gasteiger partial charge < -0.3 is 25.4 Å². The molecular weight excluding hydrogens is 665 g/mol. The van der Waals surface area contributed by atoms with Gasteiger partial charge in [-0.05, 0) is 72.3 Å². The van der Waals surface area contributed by atoms with Crippen molar-refractivity contribution in [3.8, 4) is 11.5 Å². The highest BCUT2D eigenvalue weighted by Gasteiger charge is 2.24. The minimum Gasteiger partial charge on any atom is -0.497 e. The van der Waals surface area contributed by atoms with Crippen LogP contribution in [0.15, 0.2) is 132 Å². The molecule has 0 aliphatic carbocycles. The highest BCUT2D eigenvalue weighted by atomic mass is 35.5. The summed E-state index contributed by atoms with van der Waals surface area (Å²) in [6.45, 7) is 0. The van der Waals surface area contributed by atoms with E-state index in [4.69, 9.17) is 21.1 Å². The van der Waals surface area contributed by atoms with Gasteiger partial charge in [0.2, 0.25) is 5.91 Å². The lowest BCUT2D eigenvalue weighted by Gasteiger charge is -2.19. The number of methoxy groups -OCH3 is 2. The zero-order valence-corrected chi connectivity index (χ0v) is 28.0. The second-order valence-electron chi connectivity index (χ2n) is 10.5. The lowest BCUT2D eigenvalue weighted by Crippen LogP contribution is -2.30. The molecule has 0 saturated carbocycles. The summed E-state index contributed by atoms with van der Waals surface area (Å²) in [4.78, 5) is 40.9. The molecule has 5 rings (SSSR count). The van der Waals surface area contributed by atoms with E-state index < -0.39 is 22.9 Å². The number of thioether (sulfide) groups is 1. The molecule has 0 heterocycles. The third-order valence-electron chi connectivity index (χ3n) is 7.19. The normalized spacial score (nSPS) is 11.6. The Hall–Kier alpha value is -5.58.